The summed E-state index contributed by atoms with van der Waals surface area (Å²) >= 11 is 6.22. The molecule has 2 atom stereocenters. The van der Waals surface area contributed by atoms with Gasteiger partial charge in [0.1, 0.15) is 7.11 Å². The van der Waals surface area contributed by atoms with Gasteiger partial charge in [0, 0.05) is 22.7 Å². The molecule has 2 rings (SSSR count). The summed E-state index contributed by atoms with van der Waals surface area (Å²) < 4.78 is 0. The highest BCUT2D eigenvalue weighted by molar-refractivity contribution is 6.31. The molecule has 0 amide bonds. The number of hydrogen-bond acceptors (Lipinski definition) is 5. The third kappa shape index (κ3) is 3.94. The number of halogens is 1. The molecule has 2 bridgehead atoms. The van der Waals surface area contributed by atoms with Crippen LogP contribution in [-0.4, -0.2) is 59.5 Å². The van der Waals surface area contributed by atoms with Gasteiger partial charge in [0.15, 0.2) is 0 Å². The average molecular weight is 305 g/mol. The van der Waals surface area contributed by atoms with E-state index in [9.17, 15) is 0 Å². The number of fused-ring (bicyclic) bond motifs is 2. The third-order valence-electron chi connectivity index (χ3n) is 3.41. The molecule has 0 aromatic rings. The highest BCUT2D eigenvalue weighted by Gasteiger charge is 2.37. The molecule has 1 saturated heterocycles. The lowest BCUT2D eigenvalue weighted by atomic mass is 10.0. The van der Waals surface area contributed by atoms with Crippen molar-refractivity contribution in [1.29, 1.82) is 0 Å². The van der Waals surface area contributed by atoms with E-state index in [4.69, 9.17) is 36.2 Å². The number of carboxylic acid groups (broad SMARTS) is 2. The molecule has 0 saturated carbocycles. The van der Waals surface area contributed by atoms with E-state index in [-0.39, 0.29) is 0 Å². The van der Waals surface area contributed by atoms with Crippen molar-refractivity contribution < 1.29 is 24.6 Å². The first kappa shape index (κ1) is 16.5. The van der Waals surface area contributed by atoms with Crippen LogP contribution >= 0.6 is 11.6 Å². The van der Waals surface area contributed by atoms with Crippen molar-refractivity contribution in [3.8, 4) is 0 Å². The van der Waals surface area contributed by atoms with Gasteiger partial charge in [0.25, 0.3) is 0 Å². The molecule has 8 heteroatoms. The molecule has 2 aliphatic rings. The van der Waals surface area contributed by atoms with Gasteiger partial charge in [-0.1, -0.05) is 16.8 Å². The molecule has 1 fully saturated rings. The van der Waals surface area contributed by atoms with E-state index in [1.807, 2.05) is 0 Å². The van der Waals surface area contributed by atoms with Gasteiger partial charge in [-0.3, -0.25) is 4.90 Å². The maximum Gasteiger partial charge on any atom is 0.414 e. The maximum absolute atomic E-state index is 9.10. The SMILES string of the molecule is CON=CC1=C(Cl)CC2CCC1N2C.O=C(O)C(=O)O. The molecule has 20 heavy (non-hydrogen) atoms. The van der Waals surface area contributed by atoms with E-state index in [1.165, 1.54) is 12.8 Å². The molecule has 2 aliphatic heterocycles. The molecule has 7 nitrogen and oxygen atoms in total. The van der Waals surface area contributed by atoms with Crippen molar-refractivity contribution in [2.24, 2.45) is 5.16 Å². The van der Waals surface area contributed by atoms with E-state index >= 15 is 0 Å². The Hall–Kier alpha value is -1.60. The minimum atomic E-state index is -1.82. The molecule has 0 radical (unpaired) electrons. The molecule has 2 N–H and O–H groups in total. The van der Waals surface area contributed by atoms with Crippen LogP contribution in [-0.2, 0) is 14.4 Å². The van der Waals surface area contributed by atoms with Gasteiger partial charge >= 0.3 is 11.9 Å². The Labute approximate surface area is 121 Å². The van der Waals surface area contributed by atoms with Gasteiger partial charge in [-0.25, -0.2) is 9.59 Å². The lowest BCUT2D eigenvalue weighted by Crippen LogP contribution is -2.37. The minimum Gasteiger partial charge on any atom is -0.473 e. The second kappa shape index (κ2) is 7.25. The highest BCUT2D eigenvalue weighted by Crippen LogP contribution is 2.38. The summed E-state index contributed by atoms with van der Waals surface area (Å²) in [6.07, 6.45) is 5.13. The summed E-state index contributed by atoms with van der Waals surface area (Å²) in [5.74, 6) is -3.65. The number of rotatable bonds is 2. The van der Waals surface area contributed by atoms with Gasteiger partial charge in [0.2, 0.25) is 0 Å². The van der Waals surface area contributed by atoms with Crippen LogP contribution in [0.3, 0.4) is 0 Å². The lowest BCUT2D eigenvalue weighted by molar-refractivity contribution is -0.159. The summed E-state index contributed by atoms with van der Waals surface area (Å²) in [7, 11) is 3.71. The van der Waals surface area contributed by atoms with Crippen molar-refractivity contribution in [1.82, 2.24) is 4.90 Å². The fourth-order valence-electron chi connectivity index (χ4n) is 2.40. The summed E-state index contributed by atoms with van der Waals surface area (Å²) in [4.78, 5) is 25.3. The zero-order valence-electron chi connectivity index (χ0n) is 11.2. The van der Waals surface area contributed by atoms with Crippen LogP contribution in [0.2, 0.25) is 0 Å². The topological polar surface area (TPSA) is 99.4 Å². The predicted octanol–water partition coefficient (Wildman–Crippen LogP) is 1.13. The second-order valence-electron chi connectivity index (χ2n) is 4.50. The van der Waals surface area contributed by atoms with E-state index in [0.717, 1.165) is 17.0 Å². The molecule has 112 valence electrons. The van der Waals surface area contributed by atoms with E-state index in [1.54, 1.807) is 13.3 Å². The summed E-state index contributed by atoms with van der Waals surface area (Å²) in [5, 5.41) is 19.5. The quantitative estimate of drug-likeness (QED) is 0.451. The van der Waals surface area contributed by atoms with E-state index < -0.39 is 11.9 Å². The van der Waals surface area contributed by atoms with Crippen molar-refractivity contribution in [2.75, 3.05) is 14.2 Å². The number of nitrogens with zero attached hydrogens (tertiary/aromatic N) is 2. The van der Waals surface area contributed by atoms with Gasteiger partial charge in [0.05, 0.1) is 6.21 Å². The maximum atomic E-state index is 9.10. The first-order valence-corrected chi connectivity index (χ1v) is 6.39. The summed E-state index contributed by atoms with van der Waals surface area (Å²) in [6, 6.07) is 1.08. The molecular weight excluding hydrogens is 288 g/mol. The van der Waals surface area contributed by atoms with Crippen LogP contribution < -0.4 is 0 Å². The molecule has 2 heterocycles. The Morgan fingerprint density at radius 2 is 2.00 bits per heavy atom. The predicted molar refractivity (Wildman–Crippen MR) is 72.8 cm³/mol. The number of oxime groups is 1. The molecule has 0 aromatic carbocycles. The first-order chi connectivity index (χ1) is 9.38. The van der Waals surface area contributed by atoms with Crippen LogP contribution in [0.1, 0.15) is 19.3 Å². The second-order valence-corrected chi connectivity index (χ2v) is 4.96. The van der Waals surface area contributed by atoms with Crippen molar-refractivity contribution in [3.05, 3.63) is 10.6 Å². The Bertz CT molecular complexity index is 437. The monoisotopic (exact) mass is 304 g/mol. The van der Waals surface area contributed by atoms with E-state index in [0.29, 0.717) is 12.1 Å². The van der Waals surface area contributed by atoms with Gasteiger partial charge in [-0.15, -0.1) is 0 Å². The Morgan fingerprint density at radius 1 is 1.40 bits per heavy atom. The number of carboxylic acids is 2. The molecule has 0 aliphatic carbocycles. The van der Waals surface area contributed by atoms with Crippen molar-refractivity contribution >= 4 is 29.8 Å². The third-order valence-corrected chi connectivity index (χ3v) is 3.78. The fraction of sp³-hybridized carbons (Fsp3) is 0.583. The Morgan fingerprint density at radius 3 is 2.50 bits per heavy atom. The molecule has 0 aromatic heterocycles. The molecule has 0 spiro atoms. The Balaban J connectivity index is 0.000000286. The van der Waals surface area contributed by atoms with Crippen molar-refractivity contribution in [3.63, 3.8) is 0 Å². The number of hydrogen-bond donors (Lipinski definition) is 2. The van der Waals surface area contributed by atoms with Gasteiger partial charge < -0.3 is 15.1 Å². The Kier molecular flexibility index (Phi) is 5.97. The van der Waals surface area contributed by atoms with Crippen LogP contribution in [0.25, 0.3) is 0 Å². The van der Waals surface area contributed by atoms with Crippen LogP contribution in [0.15, 0.2) is 15.8 Å². The van der Waals surface area contributed by atoms with Gasteiger partial charge in [-0.05, 0) is 26.3 Å². The smallest absolute Gasteiger partial charge is 0.414 e. The largest absolute Gasteiger partial charge is 0.473 e. The number of aliphatic carboxylic acids is 2. The summed E-state index contributed by atoms with van der Waals surface area (Å²) in [6.45, 7) is 0. The van der Waals surface area contributed by atoms with Crippen LogP contribution in [0.5, 0.6) is 0 Å². The minimum absolute atomic E-state index is 0.445. The average Bonchev–Trinajstić information content (AvgIpc) is 2.64. The molecular formula is C12H17ClN2O5. The highest BCUT2D eigenvalue weighted by atomic mass is 35.5. The normalized spacial score (nSPS) is 25.4. The zero-order valence-corrected chi connectivity index (χ0v) is 12.0. The van der Waals surface area contributed by atoms with Crippen molar-refractivity contribution in [2.45, 2.75) is 31.3 Å². The van der Waals surface area contributed by atoms with E-state index in [2.05, 4.69) is 17.1 Å². The van der Waals surface area contributed by atoms with Crippen LogP contribution in [0.4, 0.5) is 0 Å². The lowest BCUT2D eigenvalue weighted by Gasteiger charge is -2.31. The molecule has 2 unspecified atom stereocenters. The van der Waals surface area contributed by atoms with Gasteiger partial charge in [-0.2, -0.15) is 0 Å². The standard InChI is InChI=1S/C10H15ClN2O.C2H2O4/c1-13-7-3-4-10(13)8(6-12-14-2)9(11)5-7;3-1(4)2(5)6/h6-7,10H,3-5H2,1-2H3;(H,3,4)(H,5,6). The fourth-order valence-corrected chi connectivity index (χ4v) is 2.76. The zero-order chi connectivity index (χ0) is 15.3. The summed E-state index contributed by atoms with van der Waals surface area (Å²) in [5.41, 5.74) is 1.13. The van der Waals surface area contributed by atoms with Crippen LogP contribution in [0, 0.1) is 0 Å². The first-order valence-electron chi connectivity index (χ1n) is 6.01. The number of likely N-dealkylation sites (N-methyl/N-ethyl adjacent to an activating group) is 1. The number of carbonyl (C=O) groups is 2.